The fourth-order valence-electron chi connectivity index (χ4n) is 2.74. The van der Waals surface area contributed by atoms with Crippen molar-refractivity contribution in [3.63, 3.8) is 0 Å². The van der Waals surface area contributed by atoms with Crippen LogP contribution in [-0.4, -0.2) is 60.8 Å². The SMILES string of the molecule is COC(=O)[C@H](c1ccc(F)cc1)N1CCN(C(=O)OC(C)(C)C)CC1. The van der Waals surface area contributed by atoms with Crippen LogP contribution in [0.25, 0.3) is 0 Å². The van der Waals surface area contributed by atoms with E-state index in [1.165, 1.54) is 19.2 Å². The van der Waals surface area contributed by atoms with Crippen LogP contribution in [0, 0.1) is 5.82 Å². The van der Waals surface area contributed by atoms with Crippen LogP contribution in [-0.2, 0) is 14.3 Å². The lowest BCUT2D eigenvalue weighted by atomic mass is 10.0. The molecule has 1 saturated heterocycles. The molecular formula is C18H25FN2O4. The van der Waals surface area contributed by atoms with Gasteiger partial charge in [0.1, 0.15) is 17.5 Å². The number of benzene rings is 1. The Balaban J connectivity index is 2.06. The number of piperazine rings is 1. The Kier molecular flexibility index (Phi) is 6.00. The predicted molar refractivity (Wildman–Crippen MR) is 90.5 cm³/mol. The summed E-state index contributed by atoms with van der Waals surface area (Å²) in [5, 5.41) is 0. The average Bonchev–Trinajstić information content (AvgIpc) is 2.55. The molecule has 7 heteroatoms. The molecule has 0 N–H and O–H groups in total. The van der Waals surface area contributed by atoms with E-state index in [0.29, 0.717) is 31.7 Å². The molecule has 2 rings (SSSR count). The van der Waals surface area contributed by atoms with Crippen molar-refractivity contribution in [2.75, 3.05) is 33.3 Å². The van der Waals surface area contributed by atoms with Gasteiger partial charge in [0.25, 0.3) is 0 Å². The molecule has 0 bridgehead atoms. The minimum Gasteiger partial charge on any atom is -0.468 e. The Morgan fingerprint density at radius 2 is 1.64 bits per heavy atom. The number of ether oxygens (including phenoxy) is 2. The van der Waals surface area contributed by atoms with E-state index >= 15 is 0 Å². The standard InChI is InChI=1S/C18H25FN2O4/c1-18(2,3)25-17(23)21-11-9-20(10-12-21)15(16(22)24-4)13-5-7-14(19)8-6-13/h5-8,15H,9-12H2,1-4H3/t15-/m0/s1. The number of rotatable bonds is 3. The lowest BCUT2D eigenvalue weighted by Gasteiger charge is -2.38. The Morgan fingerprint density at radius 3 is 2.12 bits per heavy atom. The van der Waals surface area contributed by atoms with E-state index in [9.17, 15) is 14.0 Å². The van der Waals surface area contributed by atoms with Gasteiger partial charge in [0.15, 0.2) is 0 Å². The second kappa shape index (κ2) is 7.82. The number of methoxy groups -OCH3 is 1. The molecule has 0 aromatic heterocycles. The normalized spacial score (nSPS) is 17.1. The fourth-order valence-corrected chi connectivity index (χ4v) is 2.74. The quantitative estimate of drug-likeness (QED) is 0.783. The first-order valence-corrected chi connectivity index (χ1v) is 8.26. The predicted octanol–water partition coefficient (Wildman–Crippen LogP) is 2.59. The molecule has 1 aromatic rings. The summed E-state index contributed by atoms with van der Waals surface area (Å²) >= 11 is 0. The molecule has 1 aromatic carbocycles. The van der Waals surface area contributed by atoms with Gasteiger partial charge in [0.2, 0.25) is 0 Å². The van der Waals surface area contributed by atoms with E-state index in [2.05, 4.69) is 0 Å². The first-order valence-electron chi connectivity index (χ1n) is 8.26. The first-order chi connectivity index (χ1) is 11.7. The molecule has 0 unspecified atom stereocenters. The van der Waals surface area contributed by atoms with Gasteiger partial charge in [-0.3, -0.25) is 4.90 Å². The zero-order valence-electron chi connectivity index (χ0n) is 15.1. The highest BCUT2D eigenvalue weighted by molar-refractivity contribution is 5.77. The van der Waals surface area contributed by atoms with Crippen molar-refractivity contribution < 1.29 is 23.5 Å². The van der Waals surface area contributed by atoms with Gasteiger partial charge >= 0.3 is 12.1 Å². The van der Waals surface area contributed by atoms with Crippen LogP contribution >= 0.6 is 0 Å². The highest BCUT2D eigenvalue weighted by atomic mass is 19.1. The molecule has 1 heterocycles. The van der Waals surface area contributed by atoms with E-state index in [1.807, 2.05) is 25.7 Å². The summed E-state index contributed by atoms with van der Waals surface area (Å²) in [4.78, 5) is 27.9. The number of hydrogen-bond donors (Lipinski definition) is 0. The molecule has 0 radical (unpaired) electrons. The lowest BCUT2D eigenvalue weighted by Crippen LogP contribution is -2.52. The number of carbonyl (C=O) groups excluding carboxylic acids is 2. The number of esters is 1. The van der Waals surface area contributed by atoms with Gasteiger partial charge < -0.3 is 14.4 Å². The van der Waals surface area contributed by atoms with Crippen LogP contribution in [0.15, 0.2) is 24.3 Å². The largest absolute Gasteiger partial charge is 0.468 e. The van der Waals surface area contributed by atoms with Gasteiger partial charge in [0.05, 0.1) is 7.11 Å². The van der Waals surface area contributed by atoms with Gasteiger partial charge in [-0.05, 0) is 38.5 Å². The van der Waals surface area contributed by atoms with Crippen molar-refractivity contribution in [2.24, 2.45) is 0 Å². The summed E-state index contributed by atoms with van der Waals surface area (Å²) in [6.07, 6.45) is -0.358. The number of hydrogen-bond acceptors (Lipinski definition) is 5. The minimum atomic E-state index is -0.619. The maximum Gasteiger partial charge on any atom is 0.410 e. The average molecular weight is 352 g/mol. The zero-order chi connectivity index (χ0) is 18.6. The second-order valence-corrected chi connectivity index (χ2v) is 6.98. The molecule has 6 nitrogen and oxygen atoms in total. The summed E-state index contributed by atoms with van der Waals surface area (Å²) < 4.78 is 23.4. The number of carbonyl (C=O) groups is 2. The van der Waals surface area contributed by atoms with Crippen LogP contribution in [0.2, 0.25) is 0 Å². The van der Waals surface area contributed by atoms with Crippen molar-refractivity contribution in [2.45, 2.75) is 32.4 Å². The van der Waals surface area contributed by atoms with E-state index in [1.54, 1.807) is 17.0 Å². The van der Waals surface area contributed by atoms with Crippen molar-refractivity contribution in [1.29, 1.82) is 0 Å². The first kappa shape index (κ1) is 19.2. The summed E-state index contributed by atoms with van der Waals surface area (Å²) in [6.45, 7) is 7.36. The molecule has 138 valence electrons. The lowest BCUT2D eigenvalue weighted by molar-refractivity contribution is -0.148. The van der Waals surface area contributed by atoms with Crippen molar-refractivity contribution >= 4 is 12.1 Å². The summed E-state index contributed by atoms with van der Waals surface area (Å²) in [7, 11) is 1.33. The van der Waals surface area contributed by atoms with Crippen LogP contribution in [0.5, 0.6) is 0 Å². The highest BCUT2D eigenvalue weighted by Gasteiger charge is 2.33. The second-order valence-electron chi connectivity index (χ2n) is 6.98. The number of nitrogens with zero attached hydrogens (tertiary/aromatic N) is 2. The van der Waals surface area contributed by atoms with Gasteiger partial charge in [0, 0.05) is 26.2 Å². The third-order valence-electron chi connectivity index (χ3n) is 3.94. The van der Waals surface area contributed by atoms with Crippen molar-refractivity contribution in [3.05, 3.63) is 35.6 Å². The summed E-state index contributed by atoms with van der Waals surface area (Å²) in [5.41, 5.74) is 0.121. The van der Waals surface area contributed by atoms with Gasteiger partial charge in [-0.1, -0.05) is 12.1 Å². The Labute approximate surface area is 147 Å². The zero-order valence-corrected chi connectivity index (χ0v) is 15.1. The van der Waals surface area contributed by atoms with Crippen molar-refractivity contribution in [3.8, 4) is 0 Å². The number of halogens is 1. The summed E-state index contributed by atoms with van der Waals surface area (Å²) in [5.74, 6) is -0.764. The Hall–Kier alpha value is -2.15. The van der Waals surface area contributed by atoms with Crippen LogP contribution in [0.3, 0.4) is 0 Å². The van der Waals surface area contributed by atoms with E-state index in [0.717, 1.165) is 0 Å². The van der Waals surface area contributed by atoms with Crippen LogP contribution in [0.4, 0.5) is 9.18 Å². The minimum absolute atomic E-state index is 0.358. The Morgan fingerprint density at radius 1 is 1.08 bits per heavy atom. The molecule has 0 aliphatic carbocycles. The third-order valence-corrected chi connectivity index (χ3v) is 3.94. The summed E-state index contributed by atoms with van der Waals surface area (Å²) in [6, 6.07) is 5.19. The number of amides is 1. The van der Waals surface area contributed by atoms with Crippen LogP contribution in [0.1, 0.15) is 32.4 Å². The van der Waals surface area contributed by atoms with Gasteiger partial charge in [-0.25, -0.2) is 14.0 Å². The molecule has 0 spiro atoms. The Bertz CT molecular complexity index is 604. The molecule has 1 aliphatic rings. The third kappa shape index (κ3) is 5.16. The molecule has 1 aliphatic heterocycles. The maximum absolute atomic E-state index is 13.2. The fraction of sp³-hybridized carbons (Fsp3) is 0.556. The van der Waals surface area contributed by atoms with E-state index in [-0.39, 0.29) is 11.9 Å². The van der Waals surface area contributed by atoms with Crippen molar-refractivity contribution in [1.82, 2.24) is 9.80 Å². The monoisotopic (exact) mass is 352 g/mol. The smallest absolute Gasteiger partial charge is 0.410 e. The molecule has 1 atom stereocenters. The van der Waals surface area contributed by atoms with Gasteiger partial charge in [-0.15, -0.1) is 0 Å². The van der Waals surface area contributed by atoms with E-state index < -0.39 is 17.6 Å². The maximum atomic E-state index is 13.2. The molecule has 0 saturated carbocycles. The van der Waals surface area contributed by atoms with E-state index in [4.69, 9.17) is 9.47 Å². The molecule has 25 heavy (non-hydrogen) atoms. The highest BCUT2D eigenvalue weighted by Crippen LogP contribution is 2.24. The molecule has 1 fully saturated rings. The molecular weight excluding hydrogens is 327 g/mol. The molecule has 1 amide bonds. The van der Waals surface area contributed by atoms with Crippen LogP contribution < -0.4 is 0 Å². The topological polar surface area (TPSA) is 59.1 Å². The van der Waals surface area contributed by atoms with Gasteiger partial charge in [-0.2, -0.15) is 0 Å².